The molecular weight excluding hydrogens is 324 g/mol. The van der Waals surface area contributed by atoms with Gasteiger partial charge in [-0.3, -0.25) is 9.29 Å². The number of sulfonamides is 1. The van der Waals surface area contributed by atoms with Crippen LogP contribution in [0.4, 0.5) is 5.69 Å². The number of unbranched alkanes of at least 4 members (excludes halogenated alkanes) is 2. The van der Waals surface area contributed by atoms with Crippen LogP contribution in [0.1, 0.15) is 31.7 Å². The zero-order valence-electron chi connectivity index (χ0n) is 14.2. The van der Waals surface area contributed by atoms with E-state index in [0.717, 1.165) is 30.6 Å². The van der Waals surface area contributed by atoms with Gasteiger partial charge in [-0.2, -0.15) is 0 Å². The van der Waals surface area contributed by atoms with Gasteiger partial charge in [-0.25, -0.2) is 8.42 Å². The van der Waals surface area contributed by atoms with Gasteiger partial charge < -0.3 is 4.74 Å². The molecule has 0 unspecified atom stereocenters. The minimum absolute atomic E-state index is 0.253. The second-order valence-corrected chi connectivity index (χ2v) is 7.59. The van der Waals surface area contributed by atoms with Gasteiger partial charge in [0.25, 0.3) is 0 Å². The lowest BCUT2D eigenvalue weighted by Gasteiger charge is -2.22. The van der Waals surface area contributed by atoms with Gasteiger partial charge in [0, 0.05) is 12.4 Å². The Morgan fingerprint density at radius 2 is 1.88 bits per heavy atom. The van der Waals surface area contributed by atoms with Crippen molar-refractivity contribution in [3.63, 3.8) is 0 Å². The lowest BCUT2D eigenvalue weighted by Crippen LogP contribution is -2.29. The number of pyridine rings is 1. The lowest BCUT2D eigenvalue weighted by atomic mass is 10.2. The van der Waals surface area contributed by atoms with Gasteiger partial charge in [0.15, 0.2) is 0 Å². The molecule has 1 aromatic heterocycles. The number of rotatable bonds is 9. The third kappa shape index (κ3) is 5.53. The van der Waals surface area contributed by atoms with E-state index >= 15 is 0 Å². The fourth-order valence-electron chi connectivity index (χ4n) is 2.31. The molecule has 6 heteroatoms. The van der Waals surface area contributed by atoms with Crippen molar-refractivity contribution >= 4 is 15.7 Å². The van der Waals surface area contributed by atoms with E-state index in [2.05, 4.69) is 11.9 Å². The van der Waals surface area contributed by atoms with Crippen LogP contribution >= 0.6 is 0 Å². The molecule has 130 valence electrons. The molecule has 0 saturated heterocycles. The van der Waals surface area contributed by atoms with Crippen molar-refractivity contribution in [2.45, 2.75) is 32.7 Å². The first-order valence-electron chi connectivity index (χ1n) is 8.10. The maximum atomic E-state index is 12.1. The van der Waals surface area contributed by atoms with Gasteiger partial charge in [0.2, 0.25) is 10.0 Å². The number of hydrogen-bond donors (Lipinski definition) is 0. The summed E-state index contributed by atoms with van der Waals surface area (Å²) in [6.45, 7) is 3.08. The molecule has 1 heterocycles. The Morgan fingerprint density at radius 3 is 2.46 bits per heavy atom. The summed E-state index contributed by atoms with van der Waals surface area (Å²) in [5.41, 5.74) is 1.45. The summed E-state index contributed by atoms with van der Waals surface area (Å²) in [5.74, 6) is 0.754. The Hall–Kier alpha value is -2.08. The minimum atomic E-state index is -3.39. The Bertz CT molecular complexity index is 716. The second kappa shape index (κ2) is 8.68. The zero-order valence-corrected chi connectivity index (χ0v) is 15.0. The quantitative estimate of drug-likeness (QED) is 0.650. The van der Waals surface area contributed by atoms with Crippen LogP contribution in [0.25, 0.3) is 0 Å². The summed E-state index contributed by atoms with van der Waals surface area (Å²) in [5, 5.41) is 0. The van der Waals surface area contributed by atoms with Crippen molar-refractivity contribution in [1.29, 1.82) is 0 Å². The normalized spacial score (nSPS) is 11.2. The molecule has 0 fully saturated rings. The molecule has 0 atom stereocenters. The molecule has 24 heavy (non-hydrogen) atoms. The highest BCUT2D eigenvalue weighted by Gasteiger charge is 2.18. The topological polar surface area (TPSA) is 59.5 Å². The fourth-order valence-corrected chi connectivity index (χ4v) is 3.20. The number of ether oxygens (including phenoxy) is 1. The van der Waals surface area contributed by atoms with Crippen LogP contribution in [0.2, 0.25) is 0 Å². The van der Waals surface area contributed by atoms with Crippen molar-refractivity contribution in [1.82, 2.24) is 4.98 Å². The summed E-state index contributed by atoms with van der Waals surface area (Å²) in [6, 6.07) is 10.8. The molecule has 5 nitrogen and oxygen atoms in total. The highest BCUT2D eigenvalue weighted by Crippen LogP contribution is 2.23. The third-order valence-electron chi connectivity index (χ3n) is 3.59. The van der Waals surface area contributed by atoms with Crippen LogP contribution in [-0.4, -0.2) is 26.3 Å². The molecule has 0 aliphatic carbocycles. The van der Waals surface area contributed by atoms with Gasteiger partial charge in [-0.15, -0.1) is 0 Å². The largest absolute Gasteiger partial charge is 0.494 e. The van der Waals surface area contributed by atoms with Gasteiger partial charge in [0.05, 0.1) is 25.1 Å². The van der Waals surface area contributed by atoms with Crippen LogP contribution in [-0.2, 0) is 16.6 Å². The highest BCUT2D eigenvalue weighted by molar-refractivity contribution is 7.92. The van der Waals surface area contributed by atoms with Crippen LogP contribution in [0.15, 0.2) is 48.8 Å². The summed E-state index contributed by atoms with van der Waals surface area (Å²) < 4.78 is 31.3. The maximum absolute atomic E-state index is 12.1. The van der Waals surface area contributed by atoms with Gasteiger partial charge in [-0.05, 0) is 42.3 Å². The first-order valence-corrected chi connectivity index (χ1v) is 9.95. The zero-order chi connectivity index (χ0) is 17.4. The molecule has 0 N–H and O–H groups in total. The predicted octanol–water partition coefficient (Wildman–Crippen LogP) is 3.62. The molecule has 0 aliphatic heterocycles. The minimum Gasteiger partial charge on any atom is -0.494 e. The molecule has 0 amide bonds. The molecule has 2 rings (SSSR count). The molecule has 2 aromatic rings. The van der Waals surface area contributed by atoms with E-state index in [-0.39, 0.29) is 6.54 Å². The fraction of sp³-hybridized carbons (Fsp3) is 0.389. The standard InChI is InChI=1S/C18H24N2O3S/c1-3-4-5-13-23-18-10-8-17(9-11-18)20(24(2,21)22)15-16-7-6-12-19-14-16/h6-12,14H,3-5,13,15H2,1-2H3. The van der Waals surface area contributed by atoms with Crippen LogP contribution in [0.3, 0.4) is 0 Å². The van der Waals surface area contributed by atoms with E-state index in [1.54, 1.807) is 30.6 Å². The first-order chi connectivity index (χ1) is 11.5. The van der Waals surface area contributed by atoms with Crippen LogP contribution in [0.5, 0.6) is 5.75 Å². The lowest BCUT2D eigenvalue weighted by molar-refractivity contribution is 0.306. The molecule has 0 radical (unpaired) electrons. The second-order valence-electron chi connectivity index (χ2n) is 5.68. The summed E-state index contributed by atoms with van der Waals surface area (Å²) in [6.07, 6.45) is 7.86. The monoisotopic (exact) mass is 348 g/mol. The first kappa shape index (κ1) is 18.3. The molecule has 1 aromatic carbocycles. The molecule has 0 saturated carbocycles. The van der Waals surface area contributed by atoms with Crippen molar-refractivity contribution in [3.05, 3.63) is 54.4 Å². The van der Waals surface area contributed by atoms with E-state index in [1.807, 2.05) is 18.2 Å². The number of nitrogens with zero attached hydrogens (tertiary/aromatic N) is 2. The molecule has 0 spiro atoms. The summed E-state index contributed by atoms with van der Waals surface area (Å²) >= 11 is 0. The maximum Gasteiger partial charge on any atom is 0.232 e. The number of benzene rings is 1. The van der Waals surface area contributed by atoms with E-state index in [9.17, 15) is 8.42 Å². The highest BCUT2D eigenvalue weighted by atomic mass is 32.2. The van der Waals surface area contributed by atoms with E-state index in [4.69, 9.17) is 4.74 Å². The van der Waals surface area contributed by atoms with Gasteiger partial charge in [0.1, 0.15) is 5.75 Å². The average Bonchev–Trinajstić information content (AvgIpc) is 2.57. The number of hydrogen-bond acceptors (Lipinski definition) is 4. The molecular formula is C18H24N2O3S. The summed E-state index contributed by atoms with van der Waals surface area (Å²) in [4.78, 5) is 4.03. The predicted molar refractivity (Wildman–Crippen MR) is 96.7 cm³/mol. The van der Waals surface area contributed by atoms with Gasteiger partial charge >= 0.3 is 0 Å². The molecule has 0 bridgehead atoms. The Balaban J connectivity index is 2.10. The summed E-state index contributed by atoms with van der Waals surface area (Å²) in [7, 11) is -3.39. The average molecular weight is 348 g/mol. The Morgan fingerprint density at radius 1 is 1.12 bits per heavy atom. The van der Waals surface area contributed by atoms with Crippen molar-refractivity contribution in [2.24, 2.45) is 0 Å². The number of aromatic nitrogens is 1. The van der Waals surface area contributed by atoms with Crippen LogP contribution < -0.4 is 9.04 Å². The van der Waals surface area contributed by atoms with Crippen molar-refractivity contribution in [3.8, 4) is 5.75 Å². The van der Waals surface area contributed by atoms with E-state index in [0.29, 0.717) is 12.3 Å². The van der Waals surface area contributed by atoms with Crippen LogP contribution in [0, 0.1) is 0 Å². The van der Waals surface area contributed by atoms with Gasteiger partial charge in [-0.1, -0.05) is 25.8 Å². The van der Waals surface area contributed by atoms with E-state index < -0.39 is 10.0 Å². The SMILES string of the molecule is CCCCCOc1ccc(N(Cc2cccnc2)S(C)(=O)=O)cc1. The smallest absolute Gasteiger partial charge is 0.232 e. The van der Waals surface area contributed by atoms with Crippen molar-refractivity contribution < 1.29 is 13.2 Å². The Labute approximate surface area is 144 Å². The third-order valence-corrected chi connectivity index (χ3v) is 4.73. The number of anilines is 1. The Kier molecular flexibility index (Phi) is 6.61. The van der Waals surface area contributed by atoms with E-state index in [1.165, 1.54) is 10.6 Å². The van der Waals surface area contributed by atoms with Crippen molar-refractivity contribution in [2.75, 3.05) is 17.2 Å². The molecule has 0 aliphatic rings.